The molecule has 0 fully saturated rings. The van der Waals surface area contributed by atoms with Crippen LogP contribution in [-0.2, 0) is 11.3 Å². The second-order valence-corrected chi connectivity index (χ2v) is 5.69. The summed E-state index contributed by atoms with van der Waals surface area (Å²) >= 11 is 3.23. The number of benzene rings is 2. The molecule has 0 aromatic heterocycles. The minimum atomic E-state index is -0.248. The largest absolute Gasteiger partial charge is 0.378 e. The number of hydrogen-bond donors (Lipinski definition) is 1. The third kappa shape index (κ3) is 4.29. The summed E-state index contributed by atoms with van der Waals surface area (Å²) in [6, 6.07) is 13.2. The van der Waals surface area contributed by atoms with Gasteiger partial charge in [-0.1, -0.05) is 24.3 Å². The van der Waals surface area contributed by atoms with Crippen LogP contribution in [0.3, 0.4) is 0 Å². The van der Waals surface area contributed by atoms with Gasteiger partial charge in [-0.3, -0.25) is 0 Å². The number of rotatable bonds is 6. The van der Waals surface area contributed by atoms with E-state index in [1.54, 1.807) is 12.1 Å². The zero-order chi connectivity index (χ0) is 15.2. The molecule has 0 aliphatic carbocycles. The summed E-state index contributed by atoms with van der Waals surface area (Å²) in [5.41, 5.74) is 3.18. The molecule has 0 saturated heterocycles. The zero-order valence-corrected chi connectivity index (χ0v) is 13.8. The van der Waals surface area contributed by atoms with E-state index in [4.69, 9.17) is 4.74 Å². The molecule has 1 unspecified atom stereocenters. The lowest BCUT2D eigenvalue weighted by molar-refractivity contribution is 0.134. The summed E-state index contributed by atoms with van der Waals surface area (Å²) in [4.78, 5) is 0. The summed E-state index contributed by atoms with van der Waals surface area (Å²) < 4.78 is 19.3. The minimum Gasteiger partial charge on any atom is -0.378 e. The summed E-state index contributed by atoms with van der Waals surface area (Å²) in [7, 11) is 0. The first-order chi connectivity index (χ1) is 10.1. The molecule has 0 saturated carbocycles. The second-order valence-electron chi connectivity index (χ2n) is 4.83. The monoisotopic (exact) mass is 351 g/mol. The zero-order valence-electron chi connectivity index (χ0n) is 12.2. The van der Waals surface area contributed by atoms with Crippen molar-refractivity contribution >= 4 is 21.6 Å². The Hall–Kier alpha value is -1.39. The summed E-state index contributed by atoms with van der Waals surface area (Å²) in [5, 5.41) is 3.46. The normalized spacial score (nSPS) is 12.2. The lowest BCUT2D eigenvalue weighted by Gasteiger charge is -2.19. The van der Waals surface area contributed by atoms with Crippen molar-refractivity contribution in [2.24, 2.45) is 0 Å². The maximum atomic E-state index is 13.3. The van der Waals surface area contributed by atoms with Crippen molar-refractivity contribution in [2.45, 2.75) is 26.5 Å². The van der Waals surface area contributed by atoms with E-state index in [2.05, 4.69) is 28.2 Å². The van der Waals surface area contributed by atoms with Crippen molar-refractivity contribution in [2.75, 3.05) is 11.9 Å². The van der Waals surface area contributed by atoms with E-state index < -0.39 is 0 Å². The predicted octanol–water partition coefficient (Wildman–Crippen LogP) is 5.30. The van der Waals surface area contributed by atoms with Crippen LogP contribution in [0, 0.1) is 5.82 Å². The van der Waals surface area contributed by atoms with Crippen LogP contribution in [0.5, 0.6) is 0 Å². The minimum absolute atomic E-state index is 0.0738. The van der Waals surface area contributed by atoms with Gasteiger partial charge in [-0.15, -0.1) is 0 Å². The molecule has 2 aromatic rings. The SMILES string of the molecule is CCOCc1ccccc1NC(C)c1ccc(F)c(Br)c1. The van der Waals surface area contributed by atoms with E-state index in [0.29, 0.717) is 17.7 Å². The van der Waals surface area contributed by atoms with Gasteiger partial charge in [0, 0.05) is 23.9 Å². The number of anilines is 1. The van der Waals surface area contributed by atoms with Gasteiger partial charge in [0.2, 0.25) is 0 Å². The molecule has 2 aromatic carbocycles. The van der Waals surface area contributed by atoms with Gasteiger partial charge < -0.3 is 10.1 Å². The lowest BCUT2D eigenvalue weighted by Crippen LogP contribution is -2.09. The fourth-order valence-corrected chi connectivity index (χ4v) is 2.49. The van der Waals surface area contributed by atoms with Gasteiger partial charge >= 0.3 is 0 Å². The van der Waals surface area contributed by atoms with Gasteiger partial charge in [0.05, 0.1) is 11.1 Å². The Bertz CT molecular complexity index is 603. The molecule has 0 bridgehead atoms. The Balaban J connectivity index is 2.15. The van der Waals surface area contributed by atoms with Gasteiger partial charge in [-0.25, -0.2) is 4.39 Å². The molecule has 1 N–H and O–H groups in total. The fourth-order valence-electron chi connectivity index (χ4n) is 2.10. The van der Waals surface area contributed by atoms with Crippen LogP contribution in [0.1, 0.15) is 31.0 Å². The van der Waals surface area contributed by atoms with Crippen molar-refractivity contribution in [3.8, 4) is 0 Å². The molecule has 0 amide bonds. The molecule has 0 radical (unpaired) electrons. The first-order valence-electron chi connectivity index (χ1n) is 6.99. The molecule has 112 valence electrons. The van der Waals surface area contributed by atoms with E-state index in [0.717, 1.165) is 16.8 Å². The van der Waals surface area contributed by atoms with E-state index in [1.807, 2.05) is 31.2 Å². The van der Waals surface area contributed by atoms with Crippen molar-refractivity contribution < 1.29 is 9.13 Å². The number of ether oxygens (including phenoxy) is 1. The molecule has 0 heterocycles. The van der Waals surface area contributed by atoms with Crippen molar-refractivity contribution in [1.29, 1.82) is 0 Å². The number of nitrogens with one attached hydrogen (secondary N) is 1. The third-order valence-corrected chi connectivity index (χ3v) is 3.90. The van der Waals surface area contributed by atoms with Crippen molar-refractivity contribution in [3.63, 3.8) is 0 Å². The summed E-state index contributed by atoms with van der Waals surface area (Å²) in [6.07, 6.45) is 0. The third-order valence-electron chi connectivity index (χ3n) is 3.29. The Labute approximate surface area is 133 Å². The topological polar surface area (TPSA) is 21.3 Å². The second kappa shape index (κ2) is 7.57. The van der Waals surface area contributed by atoms with E-state index in [1.165, 1.54) is 6.07 Å². The van der Waals surface area contributed by atoms with Crippen molar-refractivity contribution in [1.82, 2.24) is 0 Å². The number of para-hydroxylation sites is 1. The number of hydrogen-bond acceptors (Lipinski definition) is 2. The van der Waals surface area contributed by atoms with Crippen LogP contribution in [0.2, 0.25) is 0 Å². The van der Waals surface area contributed by atoms with E-state index in [-0.39, 0.29) is 11.9 Å². The fraction of sp³-hybridized carbons (Fsp3) is 0.294. The predicted molar refractivity (Wildman–Crippen MR) is 87.9 cm³/mol. The highest BCUT2D eigenvalue weighted by Gasteiger charge is 2.10. The smallest absolute Gasteiger partial charge is 0.137 e. The van der Waals surface area contributed by atoms with Crippen LogP contribution < -0.4 is 5.32 Å². The molecule has 2 rings (SSSR count). The number of halogens is 2. The molecule has 2 nitrogen and oxygen atoms in total. The highest BCUT2D eigenvalue weighted by atomic mass is 79.9. The lowest BCUT2D eigenvalue weighted by atomic mass is 10.1. The van der Waals surface area contributed by atoms with Crippen LogP contribution in [0.25, 0.3) is 0 Å². The van der Waals surface area contributed by atoms with Gasteiger partial charge in [0.25, 0.3) is 0 Å². The maximum Gasteiger partial charge on any atom is 0.137 e. The Morgan fingerprint density at radius 1 is 1.24 bits per heavy atom. The van der Waals surface area contributed by atoms with E-state index in [9.17, 15) is 4.39 Å². The van der Waals surface area contributed by atoms with Crippen LogP contribution in [0.15, 0.2) is 46.9 Å². The molecular weight excluding hydrogens is 333 g/mol. The van der Waals surface area contributed by atoms with Gasteiger partial charge in [0.1, 0.15) is 5.82 Å². The van der Waals surface area contributed by atoms with Crippen molar-refractivity contribution in [3.05, 3.63) is 63.9 Å². The average Bonchev–Trinajstić information content (AvgIpc) is 2.49. The summed E-state index contributed by atoms with van der Waals surface area (Å²) in [5.74, 6) is -0.248. The van der Waals surface area contributed by atoms with Gasteiger partial charge in [0.15, 0.2) is 0 Å². The highest BCUT2D eigenvalue weighted by Crippen LogP contribution is 2.26. The quantitative estimate of drug-likeness (QED) is 0.762. The molecular formula is C17H19BrFNO. The van der Waals surface area contributed by atoms with Gasteiger partial charge in [-0.05, 0) is 53.5 Å². The molecule has 0 aliphatic rings. The average molecular weight is 352 g/mol. The van der Waals surface area contributed by atoms with E-state index >= 15 is 0 Å². The first-order valence-corrected chi connectivity index (χ1v) is 7.78. The van der Waals surface area contributed by atoms with Crippen LogP contribution >= 0.6 is 15.9 Å². The molecule has 0 spiro atoms. The standard InChI is InChI=1S/C17H19BrFNO/c1-3-21-11-14-6-4-5-7-17(14)20-12(2)13-8-9-16(19)15(18)10-13/h4-10,12,20H,3,11H2,1-2H3. The summed E-state index contributed by atoms with van der Waals surface area (Å²) in [6.45, 7) is 5.31. The first kappa shape index (κ1) is 16.0. The van der Waals surface area contributed by atoms with Crippen LogP contribution in [0.4, 0.5) is 10.1 Å². The van der Waals surface area contributed by atoms with Gasteiger partial charge in [-0.2, -0.15) is 0 Å². The molecule has 21 heavy (non-hydrogen) atoms. The Kier molecular flexibility index (Phi) is 5.76. The Morgan fingerprint density at radius 2 is 2.00 bits per heavy atom. The molecule has 1 atom stereocenters. The highest BCUT2D eigenvalue weighted by molar-refractivity contribution is 9.10. The molecule has 0 aliphatic heterocycles. The maximum absolute atomic E-state index is 13.3. The Morgan fingerprint density at radius 3 is 2.71 bits per heavy atom. The van der Waals surface area contributed by atoms with Crippen LogP contribution in [-0.4, -0.2) is 6.61 Å². The molecule has 4 heteroatoms.